The molecule has 3 aliphatic rings. The number of imide groups is 1. The maximum absolute atomic E-state index is 13.4. The van der Waals surface area contributed by atoms with E-state index in [0.717, 1.165) is 29.8 Å². The Balaban J connectivity index is 1.64. The van der Waals surface area contributed by atoms with E-state index in [-0.39, 0.29) is 24.4 Å². The van der Waals surface area contributed by atoms with E-state index >= 15 is 0 Å². The van der Waals surface area contributed by atoms with E-state index in [2.05, 4.69) is 22.2 Å². The molecular formula is C20H28N6O2. The summed E-state index contributed by atoms with van der Waals surface area (Å²) < 4.78 is 0. The van der Waals surface area contributed by atoms with Crippen LogP contribution in [0.25, 0.3) is 0 Å². The Bertz CT molecular complexity index is 825. The fraction of sp³-hybridized carbons (Fsp3) is 0.550. The van der Waals surface area contributed by atoms with Crippen molar-refractivity contribution in [1.82, 2.24) is 25.0 Å². The van der Waals surface area contributed by atoms with Gasteiger partial charge in [0, 0.05) is 25.8 Å². The first-order valence-corrected chi connectivity index (χ1v) is 9.87. The Kier molecular flexibility index (Phi) is 4.84. The Labute approximate surface area is 165 Å². The molecule has 3 amide bonds. The number of benzene rings is 1. The fourth-order valence-corrected chi connectivity index (χ4v) is 4.35. The summed E-state index contributed by atoms with van der Waals surface area (Å²) in [6.07, 6.45) is 0.440. The van der Waals surface area contributed by atoms with Gasteiger partial charge in [-0.3, -0.25) is 20.0 Å². The summed E-state index contributed by atoms with van der Waals surface area (Å²) in [6, 6.07) is 7.20. The molecule has 0 saturated carbocycles. The van der Waals surface area contributed by atoms with E-state index in [0.29, 0.717) is 13.1 Å². The van der Waals surface area contributed by atoms with Crippen molar-refractivity contribution >= 4 is 17.6 Å². The van der Waals surface area contributed by atoms with E-state index in [1.54, 1.807) is 11.9 Å². The van der Waals surface area contributed by atoms with Crippen molar-refractivity contribution in [2.24, 2.45) is 5.10 Å². The van der Waals surface area contributed by atoms with E-state index in [4.69, 9.17) is 0 Å². The highest BCUT2D eigenvalue weighted by atomic mass is 16.2. The number of nitrogens with one attached hydrogen (secondary N) is 1. The van der Waals surface area contributed by atoms with Crippen LogP contribution in [0, 0.1) is 6.92 Å². The second kappa shape index (κ2) is 7.18. The highest BCUT2D eigenvalue weighted by Gasteiger charge is 2.56. The summed E-state index contributed by atoms with van der Waals surface area (Å²) in [4.78, 5) is 31.6. The van der Waals surface area contributed by atoms with Crippen molar-refractivity contribution in [3.63, 3.8) is 0 Å². The molecule has 1 N–H and O–H groups in total. The van der Waals surface area contributed by atoms with E-state index in [1.807, 2.05) is 43.1 Å². The molecule has 28 heavy (non-hydrogen) atoms. The molecule has 0 radical (unpaired) electrons. The predicted octanol–water partition coefficient (Wildman–Crippen LogP) is 1.37. The van der Waals surface area contributed by atoms with Crippen LogP contribution >= 0.6 is 0 Å². The maximum atomic E-state index is 13.4. The molecule has 2 fully saturated rings. The number of carbonyl (C=O) groups is 2. The Morgan fingerprint density at radius 1 is 1.21 bits per heavy atom. The number of hydrogen-bond acceptors (Lipinski definition) is 6. The third kappa shape index (κ3) is 2.97. The maximum Gasteiger partial charge on any atom is 0.328 e. The summed E-state index contributed by atoms with van der Waals surface area (Å²) in [5.74, 6) is -0.141. The van der Waals surface area contributed by atoms with Crippen molar-refractivity contribution < 1.29 is 9.59 Å². The average Bonchev–Trinajstić information content (AvgIpc) is 3.05. The zero-order chi connectivity index (χ0) is 20.0. The molecule has 3 heterocycles. The Morgan fingerprint density at radius 2 is 1.96 bits per heavy atom. The van der Waals surface area contributed by atoms with Crippen LogP contribution in [0.3, 0.4) is 0 Å². The van der Waals surface area contributed by atoms with Crippen molar-refractivity contribution in [3.05, 3.63) is 35.4 Å². The molecular weight excluding hydrogens is 356 g/mol. The van der Waals surface area contributed by atoms with Crippen LogP contribution in [0.1, 0.15) is 31.4 Å². The van der Waals surface area contributed by atoms with Crippen LogP contribution < -0.4 is 5.32 Å². The SMILES string of the molecule is CCCN1N=C(C)CN2C3C(=O)N(Cc4ccccc4C)C(=O)N(C)C3NC12. The molecule has 3 unspecified atom stereocenters. The molecule has 1 aromatic rings. The van der Waals surface area contributed by atoms with Crippen molar-refractivity contribution in [2.45, 2.75) is 52.2 Å². The first-order chi connectivity index (χ1) is 13.4. The molecule has 8 heteroatoms. The van der Waals surface area contributed by atoms with Gasteiger partial charge >= 0.3 is 6.03 Å². The highest BCUT2D eigenvalue weighted by Crippen LogP contribution is 2.31. The number of carbonyl (C=O) groups excluding carboxylic acids is 2. The Morgan fingerprint density at radius 3 is 2.68 bits per heavy atom. The zero-order valence-electron chi connectivity index (χ0n) is 16.9. The van der Waals surface area contributed by atoms with Crippen LogP contribution in [0.15, 0.2) is 29.4 Å². The third-order valence-corrected chi connectivity index (χ3v) is 5.79. The largest absolute Gasteiger partial charge is 0.328 e. The standard InChI is InChI=1S/C20H28N6O2/c1-5-10-26-19-21-17-16(24(19)11-14(3)22-26)18(27)25(20(28)23(17)4)12-15-9-7-6-8-13(15)2/h6-9,16-17,19,21H,5,10-12H2,1-4H3. The number of aryl methyl sites for hydroxylation is 1. The van der Waals surface area contributed by atoms with E-state index in [1.165, 1.54) is 4.90 Å². The molecule has 2 saturated heterocycles. The minimum atomic E-state index is -0.415. The van der Waals surface area contributed by atoms with Gasteiger partial charge in [0.05, 0.1) is 6.54 Å². The van der Waals surface area contributed by atoms with Crippen LogP contribution in [-0.2, 0) is 11.3 Å². The number of rotatable bonds is 4. The molecule has 3 atom stereocenters. The summed E-state index contributed by atoms with van der Waals surface area (Å²) >= 11 is 0. The summed E-state index contributed by atoms with van der Waals surface area (Å²) in [5, 5.41) is 10.1. The lowest BCUT2D eigenvalue weighted by molar-refractivity contribution is -0.139. The van der Waals surface area contributed by atoms with E-state index in [9.17, 15) is 9.59 Å². The lowest BCUT2D eigenvalue weighted by Gasteiger charge is -2.42. The molecule has 0 aliphatic carbocycles. The van der Waals surface area contributed by atoms with E-state index < -0.39 is 6.04 Å². The number of hydrogen-bond donors (Lipinski definition) is 1. The van der Waals surface area contributed by atoms with Gasteiger partial charge in [-0.1, -0.05) is 31.2 Å². The van der Waals surface area contributed by atoms with Gasteiger partial charge in [-0.15, -0.1) is 0 Å². The molecule has 0 aromatic heterocycles. The van der Waals surface area contributed by atoms with Gasteiger partial charge in [0.2, 0.25) is 0 Å². The molecule has 8 nitrogen and oxygen atoms in total. The topological polar surface area (TPSA) is 71.5 Å². The van der Waals surface area contributed by atoms with Crippen molar-refractivity contribution in [2.75, 3.05) is 20.1 Å². The first kappa shape index (κ1) is 18.9. The number of hydrazone groups is 1. The third-order valence-electron chi connectivity index (χ3n) is 5.79. The lowest BCUT2D eigenvalue weighted by Crippen LogP contribution is -2.66. The molecule has 3 aliphatic heterocycles. The van der Waals surface area contributed by atoms with Crippen LogP contribution in [0.4, 0.5) is 4.79 Å². The predicted molar refractivity (Wildman–Crippen MR) is 106 cm³/mol. The molecule has 0 spiro atoms. The number of nitrogens with zero attached hydrogens (tertiary/aromatic N) is 5. The van der Waals surface area contributed by atoms with Crippen molar-refractivity contribution in [3.8, 4) is 0 Å². The minimum Gasteiger partial charge on any atom is -0.310 e. The van der Waals surface area contributed by atoms with Gasteiger partial charge in [0.15, 0.2) is 6.29 Å². The summed E-state index contributed by atoms with van der Waals surface area (Å²) in [6.45, 7) is 7.80. The number of likely N-dealkylation sites (N-methyl/N-ethyl adjacent to an activating group) is 1. The van der Waals surface area contributed by atoms with Gasteiger partial charge in [0.1, 0.15) is 12.2 Å². The fourth-order valence-electron chi connectivity index (χ4n) is 4.35. The quantitative estimate of drug-likeness (QED) is 0.849. The van der Waals surface area contributed by atoms with Crippen LogP contribution in [0.5, 0.6) is 0 Å². The van der Waals surface area contributed by atoms with Gasteiger partial charge < -0.3 is 4.90 Å². The lowest BCUT2D eigenvalue weighted by atomic mass is 10.1. The van der Waals surface area contributed by atoms with Crippen molar-refractivity contribution in [1.29, 1.82) is 0 Å². The molecule has 150 valence electrons. The van der Waals surface area contributed by atoms with Gasteiger partial charge in [0.25, 0.3) is 5.91 Å². The normalized spacial score (nSPS) is 27.8. The van der Waals surface area contributed by atoms with Crippen LogP contribution in [-0.4, -0.2) is 76.0 Å². The average molecular weight is 384 g/mol. The van der Waals surface area contributed by atoms with Gasteiger partial charge in [-0.05, 0) is 31.4 Å². The zero-order valence-corrected chi connectivity index (χ0v) is 16.9. The smallest absolute Gasteiger partial charge is 0.310 e. The van der Waals surface area contributed by atoms with Gasteiger partial charge in [-0.2, -0.15) is 5.10 Å². The number of fused-ring (bicyclic) bond motifs is 3. The molecule has 1 aromatic carbocycles. The second-order valence-electron chi connectivity index (χ2n) is 7.85. The number of urea groups is 1. The monoisotopic (exact) mass is 384 g/mol. The summed E-state index contributed by atoms with van der Waals surface area (Å²) in [5.41, 5.74) is 3.04. The summed E-state index contributed by atoms with van der Waals surface area (Å²) in [7, 11) is 1.76. The second-order valence-corrected chi connectivity index (χ2v) is 7.85. The van der Waals surface area contributed by atoms with Gasteiger partial charge in [-0.25, -0.2) is 9.69 Å². The van der Waals surface area contributed by atoms with Crippen LogP contribution in [0.2, 0.25) is 0 Å². The minimum absolute atomic E-state index is 0.141. The molecule has 4 rings (SSSR count). The molecule has 0 bridgehead atoms. The number of amides is 3. The highest BCUT2D eigenvalue weighted by molar-refractivity contribution is 6.01. The Hall–Kier alpha value is -2.45. The first-order valence-electron chi connectivity index (χ1n) is 9.87.